The Morgan fingerprint density at radius 3 is 1.33 bits per heavy atom. The summed E-state index contributed by atoms with van der Waals surface area (Å²) >= 11 is 0. The normalized spacial score (nSPS) is 14.0. The Bertz CT molecular complexity index is 3880. The molecule has 0 saturated heterocycles. The smallest absolute Gasteiger partial charge is 0.326 e. The van der Waals surface area contributed by atoms with Crippen molar-refractivity contribution in [3.05, 3.63) is 138 Å². The predicted octanol–water partition coefficient (Wildman–Crippen LogP) is -2.05. The number of nitrogens with two attached hydrogens (primary N) is 3. The largest absolute Gasteiger partial charge is 0.508 e. The van der Waals surface area contributed by atoms with E-state index in [0.717, 1.165) is 0 Å². The third kappa shape index (κ3) is 22.2. The Balaban J connectivity index is 1.21. The third-order valence-corrected chi connectivity index (χ3v) is 15.6. The maximum absolute atomic E-state index is 15.3. The van der Waals surface area contributed by atoms with Crippen LogP contribution in [-0.2, 0) is 84.8 Å². The lowest BCUT2D eigenvalue weighted by Gasteiger charge is -2.28. The molecule has 0 saturated carbocycles. The van der Waals surface area contributed by atoms with Gasteiger partial charge in [-0.15, -0.1) is 0 Å². The van der Waals surface area contributed by atoms with E-state index < -0.39 is 132 Å². The van der Waals surface area contributed by atoms with Crippen LogP contribution < -0.4 is 65.1 Å². The average Bonchev–Trinajstić information content (AvgIpc) is 1.75. The summed E-state index contributed by atoms with van der Waals surface area (Å²) in [6.07, 6.45) is 6.03. The second-order valence-corrected chi connectivity index (χ2v) is 22.9. The Morgan fingerprint density at radius 2 is 0.887 bits per heavy atom. The highest BCUT2D eigenvalue weighted by Crippen LogP contribution is 2.22. The Hall–Kier alpha value is -11.7. The fourth-order valence-electron chi connectivity index (χ4n) is 10.6. The number of hydrogen-bond donors (Lipinski definition) is 21. The number of unbranched alkanes of at least 4 members (excludes halogenated alkanes) is 1. The second kappa shape index (κ2) is 35.6. The molecule has 0 fully saturated rings. The van der Waals surface area contributed by atoms with Gasteiger partial charge in [0.05, 0.1) is 42.9 Å². The number of nitrogens with zero attached hydrogens (tertiary/aromatic N) is 2. The molecule has 97 heavy (non-hydrogen) atoms. The van der Waals surface area contributed by atoms with Gasteiger partial charge in [0.25, 0.3) is 0 Å². The van der Waals surface area contributed by atoms with Crippen LogP contribution in [0.3, 0.4) is 0 Å². The van der Waals surface area contributed by atoms with E-state index in [1.165, 1.54) is 49.3 Å². The average molecular weight is 1340 g/mol. The highest BCUT2D eigenvalue weighted by molar-refractivity contribution is 6.00. The molecule has 0 bridgehead atoms. The number of phenols is 1. The number of hydrogen-bond acceptors (Lipinski definition) is 17. The van der Waals surface area contributed by atoms with Gasteiger partial charge >= 0.3 is 17.9 Å². The first kappa shape index (κ1) is 72.7. The van der Waals surface area contributed by atoms with Crippen molar-refractivity contribution in [2.75, 3.05) is 13.1 Å². The maximum atomic E-state index is 15.3. The topological polar surface area (TPSA) is 568 Å². The lowest BCUT2D eigenvalue weighted by Crippen LogP contribution is -2.61. The highest BCUT2D eigenvalue weighted by Gasteiger charge is 2.37. The van der Waals surface area contributed by atoms with Crippen molar-refractivity contribution in [3.8, 4) is 5.75 Å². The van der Waals surface area contributed by atoms with Crippen molar-refractivity contribution < 1.29 is 73.2 Å². The zero-order valence-electron chi connectivity index (χ0n) is 52.4. The summed E-state index contributed by atoms with van der Waals surface area (Å²) in [5, 5.41) is 70.9. The summed E-state index contributed by atoms with van der Waals surface area (Å²) in [5.74, 6) is -13.1. The van der Waals surface area contributed by atoms with E-state index in [1.807, 2.05) is 0 Å². The number of aromatic nitrogens is 6. The number of carboxylic acids is 3. The van der Waals surface area contributed by atoms with Crippen LogP contribution in [0, 0.1) is 5.41 Å². The molecule has 0 spiro atoms. The molecule has 7 rings (SSSR count). The molecule has 34 nitrogen and oxygen atoms in total. The van der Waals surface area contributed by atoms with Gasteiger partial charge in [0.15, 0.2) is 5.96 Å². The van der Waals surface area contributed by atoms with Gasteiger partial charge in [-0.1, -0.05) is 48.5 Å². The summed E-state index contributed by atoms with van der Waals surface area (Å²) in [6.45, 7) is 0.364. The Labute approximate surface area is 553 Å². The number of carbonyl (C=O) groups excluding carboxylic acids is 8. The number of para-hydroxylation sites is 2. The van der Waals surface area contributed by atoms with Gasteiger partial charge < -0.3 is 105 Å². The minimum Gasteiger partial charge on any atom is -0.508 e. The molecular weight excluding hydrogens is 1260 g/mol. The van der Waals surface area contributed by atoms with Crippen LogP contribution in [0.4, 0.5) is 0 Å². The molecule has 0 aliphatic heterocycles. The lowest BCUT2D eigenvalue weighted by molar-refractivity contribution is -0.147. The number of guanidine groups is 1. The number of carbonyl (C=O) groups is 11. The molecule has 7 aromatic rings. The number of aromatic hydroxyl groups is 1. The first-order valence-electron chi connectivity index (χ1n) is 30.9. The Kier molecular flexibility index (Phi) is 26.7. The third-order valence-electron chi connectivity index (χ3n) is 15.6. The molecule has 4 heterocycles. The maximum Gasteiger partial charge on any atom is 0.326 e. The van der Waals surface area contributed by atoms with E-state index in [-0.39, 0.29) is 94.0 Å². The number of phenolic OH excluding ortho intramolecular Hbond substituents is 1. The van der Waals surface area contributed by atoms with Gasteiger partial charge in [-0.05, 0) is 79.6 Å². The van der Waals surface area contributed by atoms with Gasteiger partial charge in [0.2, 0.25) is 47.3 Å². The number of rotatable bonds is 39. The molecule has 0 aliphatic rings. The van der Waals surface area contributed by atoms with E-state index in [4.69, 9.17) is 22.6 Å². The van der Waals surface area contributed by atoms with Crippen molar-refractivity contribution in [1.82, 2.24) is 77.8 Å². The van der Waals surface area contributed by atoms with Crippen molar-refractivity contribution in [2.24, 2.45) is 17.2 Å². The van der Waals surface area contributed by atoms with E-state index in [1.54, 1.807) is 60.9 Å². The molecule has 0 radical (unpaired) electrons. The highest BCUT2D eigenvalue weighted by atomic mass is 16.4. The van der Waals surface area contributed by atoms with Gasteiger partial charge in [0, 0.05) is 85.2 Å². The first-order chi connectivity index (χ1) is 46.4. The van der Waals surface area contributed by atoms with Crippen LogP contribution in [-0.4, -0.2) is 189 Å². The first-order valence-corrected chi connectivity index (χ1v) is 30.9. The number of benzene rings is 3. The second-order valence-electron chi connectivity index (χ2n) is 22.9. The fourth-order valence-corrected chi connectivity index (χ4v) is 10.6. The van der Waals surface area contributed by atoms with E-state index in [0.29, 0.717) is 44.9 Å². The van der Waals surface area contributed by atoms with Gasteiger partial charge in [-0.3, -0.25) is 53.4 Å². The monoisotopic (exact) mass is 1340 g/mol. The van der Waals surface area contributed by atoms with Crippen molar-refractivity contribution in [1.29, 1.82) is 5.41 Å². The molecule has 9 atom stereocenters. The SMILES string of the molecule is N=C(N)NCCC[C@H](N)C(=O)N[C@@H](CC(=O)O)C(=O)N[C@@H](Cc1ccc(O)cc1)C(=O)N[C@@H](Cc1c[nH]c2ccccc12)C(=O)N[C@H](Cc1c[nH]cn1)C(=O)N[C@@H](Cc1c[nH]c2ccccc12)C(=O)N[C@@H](Cc1c[nH]cn1)C(=O)N[C@H](CCCCN)C(=O)N[C@@H](CC(=O)O)C(=O)O. The standard InChI is InChI=1S/C63H79N19O15/c64-18-6-5-13-44(55(89)82-51(62(96)97)26-53(86)87)75-59(93)48(23-36-29-68-31-73-36)80-58(92)47(22-35-28-72-43-12-4-2-9-40(35)43)79-60(94)49(24-37-30-69-32-74-37)81-57(91)46(21-34-27-71-42-11-3-1-8-39(34)42)78-56(90)45(20-33-14-16-38(83)17-15-33)77-61(95)50(25-52(84)85)76-54(88)41(65)10-7-19-70-63(66)67/h1-4,8-9,11-12,14-17,27-32,41,44-51,71-72,83H,5-7,10,13,18-26,64-65H2,(H,68,73)(H,69,74)(H,75,93)(H,76,88)(H,77,95)(H,78,90)(H,79,94)(H,80,92)(H,81,91)(H,82,89)(H,84,85)(H,86,87)(H,96,97)(H4,66,67,70)/t41-,44+,45-,46-,47-,48-,49+,50-,51-/m0/s1. The predicted molar refractivity (Wildman–Crippen MR) is 348 cm³/mol. The number of aromatic amines is 4. The molecule has 516 valence electrons. The summed E-state index contributed by atoms with van der Waals surface area (Å²) in [4.78, 5) is 173. The van der Waals surface area contributed by atoms with Crippen molar-refractivity contribution in [2.45, 2.75) is 131 Å². The summed E-state index contributed by atoms with van der Waals surface area (Å²) in [6, 6.07) is 5.14. The van der Waals surface area contributed by atoms with Gasteiger partial charge in [0.1, 0.15) is 54.1 Å². The number of fused-ring (bicyclic) bond motifs is 2. The minimum absolute atomic E-state index is 0.0292. The number of nitrogens with one attached hydrogen (secondary N) is 14. The van der Waals surface area contributed by atoms with Crippen molar-refractivity contribution in [3.63, 3.8) is 0 Å². The summed E-state index contributed by atoms with van der Waals surface area (Å²) < 4.78 is 0. The van der Waals surface area contributed by atoms with E-state index in [9.17, 15) is 54.0 Å². The zero-order valence-corrected chi connectivity index (χ0v) is 52.4. The minimum atomic E-state index is -1.88. The number of imidazole rings is 2. The molecular formula is C63H79N19O15. The fraction of sp³-hybridized carbons (Fsp3) is 0.365. The van der Waals surface area contributed by atoms with Crippen LogP contribution in [0.1, 0.15) is 73.0 Å². The van der Waals surface area contributed by atoms with Crippen LogP contribution in [0.15, 0.2) is 110 Å². The molecule has 34 heteroatoms. The quantitative estimate of drug-likeness (QED) is 0.0112. The van der Waals surface area contributed by atoms with E-state index >= 15 is 19.2 Å². The lowest BCUT2D eigenvalue weighted by atomic mass is 10.0. The number of amides is 8. The Morgan fingerprint density at radius 1 is 0.474 bits per heavy atom. The van der Waals surface area contributed by atoms with Crippen molar-refractivity contribution >= 4 is 92.9 Å². The number of aliphatic carboxylic acids is 3. The molecule has 4 aromatic heterocycles. The van der Waals surface area contributed by atoms with Crippen LogP contribution in [0.25, 0.3) is 21.8 Å². The number of H-pyrrole nitrogens is 4. The van der Waals surface area contributed by atoms with Crippen LogP contribution in [0.2, 0.25) is 0 Å². The molecule has 0 aliphatic carbocycles. The summed E-state index contributed by atoms with van der Waals surface area (Å²) in [7, 11) is 0. The van der Waals surface area contributed by atoms with Crippen LogP contribution >= 0.6 is 0 Å². The van der Waals surface area contributed by atoms with Gasteiger partial charge in [-0.25, -0.2) is 14.8 Å². The molecule has 0 unspecified atom stereocenters. The zero-order chi connectivity index (χ0) is 70.1. The number of carboxylic acid groups (broad SMARTS) is 3. The molecule has 3 aromatic carbocycles. The molecule has 8 amide bonds. The van der Waals surface area contributed by atoms with Gasteiger partial charge in [-0.2, -0.15) is 0 Å². The summed E-state index contributed by atoms with van der Waals surface area (Å²) in [5.41, 5.74) is 20.3. The van der Waals surface area contributed by atoms with Crippen LogP contribution in [0.5, 0.6) is 5.75 Å². The van der Waals surface area contributed by atoms with E-state index in [2.05, 4.69) is 77.8 Å². The molecule has 24 N–H and O–H groups in total.